The average molecular weight is 600 g/mol. The highest BCUT2D eigenvalue weighted by atomic mass is 35.5. The van der Waals surface area contributed by atoms with Crippen LogP contribution >= 0.6 is 23.4 Å². The second-order valence-corrected chi connectivity index (χ2v) is 12.0. The molecule has 6 rings (SSSR count). The summed E-state index contributed by atoms with van der Waals surface area (Å²) in [7, 11) is 0. The number of amidine groups is 1. The molecular weight excluding hydrogens is 570 g/mol. The van der Waals surface area contributed by atoms with Crippen molar-refractivity contribution in [3.63, 3.8) is 0 Å². The first-order valence-corrected chi connectivity index (χ1v) is 14.8. The van der Waals surface area contributed by atoms with Crippen molar-refractivity contribution in [1.29, 1.82) is 0 Å². The van der Waals surface area contributed by atoms with Gasteiger partial charge in [-0.05, 0) is 68.1 Å². The molecule has 10 nitrogen and oxygen atoms in total. The van der Waals surface area contributed by atoms with Gasteiger partial charge in [-0.3, -0.25) is 19.3 Å². The van der Waals surface area contributed by atoms with Crippen LogP contribution in [0.25, 0.3) is 10.9 Å². The average Bonchev–Trinajstić information content (AvgIpc) is 3.28. The van der Waals surface area contributed by atoms with Crippen molar-refractivity contribution < 1.29 is 0 Å². The smallest absolute Gasteiger partial charge is 0.263 e. The molecule has 1 aliphatic heterocycles. The molecule has 1 fully saturated rings. The quantitative estimate of drug-likeness (QED) is 0.193. The van der Waals surface area contributed by atoms with Gasteiger partial charge in [-0.2, -0.15) is 0 Å². The van der Waals surface area contributed by atoms with Crippen molar-refractivity contribution in [2.45, 2.75) is 43.7 Å². The van der Waals surface area contributed by atoms with Gasteiger partial charge in [0, 0.05) is 42.1 Å². The van der Waals surface area contributed by atoms with Gasteiger partial charge in [0.05, 0.1) is 40.7 Å². The number of piperidine rings is 1. The maximum atomic E-state index is 13.3. The first kappa shape index (κ1) is 28.2. The summed E-state index contributed by atoms with van der Waals surface area (Å²) < 4.78 is 1.48. The Morgan fingerprint density at radius 2 is 2.05 bits per heavy atom. The van der Waals surface area contributed by atoms with E-state index in [4.69, 9.17) is 22.3 Å². The molecule has 1 aromatic carbocycles. The summed E-state index contributed by atoms with van der Waals surface area (Å²) in [5, 5.41) is 1.21. The van der Waals surface area contributed by atoms with E-state index < -0.39 is 0 Å². The Morgan fingerprint density at radius 1 is 1.21 bits per heavy atom. The standard InChI is InChI=1S/C30H30ClN9OS/c1-19(39-12-8-30(9-13-39)14-23-21(28(30)32)4-3-10-35-23)36-15-25(33-2)42-24-6-5-22-26(27(24)31)29(41)40(18-38-22)16-20-7-11-34-17-37-20/h3-7,10-11,15,17-18,28H,2,8-9,12-14,16,32H2,1H3/b25-15+,36-19+/t28-/m1/s1. The molecule has 0 saturated carbocycles. The highest BCUT2D eigenvalue weighted by molar-refractivity contribution is 8.03. The van der Waals surface area contributed by atoms with Gasteiger partial charge in [0.15, 0.2) is 0 Å². The van der Waals surface area contributed by atoms with Gasteiger partial charge in [-0.15, -0.1) is 0 Å². The van der Waals surface area contributed by atoms with E-state index in [-0.39, 0.29) is 23.6 Å². The SMILES string of the molecule is C=N/C(=C\N=C(/C)N1CCC2(CC1)Cc1ncccc1[C@H]2N)Sc1ccc2ncn(Cc3ccncn3)c(=O)c2c1Cl. The molecule has 1 aliphatic carbocycles. The molecule has 214 valence electrons. The van der Waals surface area contributed by atoms with Crippen molar-refractivity contribution in [3.05, 3.63) is 98.9 Å². The molecule has 1 atom stereocenters. The fourth-order valence-corrected chi connectivity index (χ4v) is 6.90. The molecule has 42 heavy (non-hydrogen) atoms. The zero-order chi connectivity index (χ0) is 29.3. The first-order chi connectivity index (χ1) is 20.4. The number of hydrogen-bond donors (Lipinski definition) is 1. The zero-order valence-electron chi connectivity index (χ0n) is 23.2. The summed E-state index contributed by atoms with van der Waals surface area (Å²) in [5.74, 6) is 0.898. The molecule has 2 aliphatic rings. The van der Waals surface area contributed by atoms with Gasteiger partial charge in [-0.25, -0.2) is 19.9 Å². The van der Waals surface area contributed by atoms with Crippen LogP contribution in [0, 0.1) is 5.41 Å². The highest BCUT2D eigenvalue weighted by Gasteiger charge is 2.46. The van der Waals surface area contributed by atoms with Crippen LogP contribution in [-0.2, 0) is 13.0 Å². The fraction of sp³-hybridized carbons (Fsp3) is 0.300. The number of nitrogens with zero attached hydrogens (tertiary/aromatic N) is 8. The molecule has 0 unspecified atom stereocenters. The maximum Gasteiger partial charge on any atom is 0.263 e. The molecule has 1 saturated heterocycles. The summed E-state index contributed by atoms with van der Waals surface area (Å²) in [4.78, 5) is 42.3. The van der Waals surface area contributed by atoms with Crippen molar-refractivity contribution in [3.8, 4) is 0 Å². The van der Waals surface area contributed by atoms with Gasteiger partial charge >= 0.3 is 0 Å². The van der Waals surface area contributed by atoms with E-state index in [1.807, 2.05) is 25.3 Å². The van der Waals surface area contributed by atoms with E-state index in [0.717, 1.165) is 43.9 Å². The van der Waals surface area contributed by atoms with Gasteiger partial charge in [-0.1, -0.05) is 29.4 Å². The largest absolute Gasteiger partial charge is 0.360 e. The van der Waals surface area contributed by atoms with Crippen LogP contribution in [0.4, 0.5) is 0 Å². The monoisotopic (exact) mass is 599 g/mol. The van der Waals surface area contributed by atoms with Crippen LogP contribution in [0.1, 0.15) is 42.8 Å². The Hall–Kier alpha value is -3.93. The Labute approximate surface area is 252 Å². The predicted molar refractivity (Wildman–Crippen MR) is 167 cm³/mol. The third-order valence-corrected chi connectivity index (χ3v) is 9.77. The second kappa shape index (κ2) is 11.7. The van der Waals surface area contributed by atoms with E-state index in [1.165, 1.54) is 34.5 Å². The molecule has 4 aromatic rings. The molecule has 12 heteroatoms. The summed E-state index contributed by atoms with van der Waals surface area (Å²) in [6.45, 7) is 7.73. The predicted octanol–water partition coefficient (Wildman–Crippen LogP) is 4.63. The molecule has 0 amide bonds. The van der Waals surface area contributed by atoms with E-state index in [2.05, 4.69) is 42.6 Å². The van der Waals surface area contributed by atoms with Gasteiger partial charge in [0.25, 0.3) is 5.56 Å². The molecular formula is C30H30ClN9OS. The number of fused-ring (bicyclic) bond motifs is 2. The van der Waals surface area contributed by atoms with Crippen LogP contribution in [0.3, 0.4) is 0 Å². The Kier molecular flexibility index (Phi) is 7.89. The number of halogens is 1. The van der Waals surface area contributed by atoms with Crippen molar-refractivity contribution in [2.75, 3.05) is 13.1 Å². The summed E-state index contributed by atoms with van der Waals surface area (Å²) in [6, 6.07) is 9.46. The topological polar surface area (TPSA) is 128 Å². The lowest BCUT2D eigenvalue weighted by Crippen LogP contribution is -2.45. The van der Waals surface area contributed by atoms with E-state index >= 15 is 0 Å². The summed E-state index contributed by atoms with van der Waals surface area (Å²) in [5.41, 5.74) is 10.0. The number of thioether (sulfide) groups is 1. The minimum absolute atomic E-state index is 0.0202. The van der Waals surface area contributed by atoms with Crippen molar-refractivity contribution >= 4 is 46.8 Å². The first-order valence-electron chi connectivity index (χ1n) is 13.6. The van der Waals surface area contributed by atoms with Crippen LogP contribution in [0.15, 0.2) is 86.3 Å². The number of aromatic nitrogens is 5. The molecule has 3 aromatic heterocycles. The molecule has 4 heterocycles. The molecule has 0 radical (unpaired) electrons. The Bertz CT molecular complexity index is 1760. The normalized spacial score (nSPS) is 18.5. The number of aliphatic imine (C=N–C) groups is 2. The van der Waals surface area contributed by atoms with Crippen molar-refractivity contribution in [2.24, 2.45) is 21.1 Å². The second-order valence-electron chi connectivity index (χ2n) is 10.6. The maximum absolute atomic E-state index is 13.3. The summed E-state index contributed by atoms with van der Waals surface area (Å²) in [6.07, 6.45) is 11.0. The lowest BCUT2D eigenvalue weighted by Gasteiger charge is -2.42. The number of likely N-dealkylation sites (tertiary alicyclic amines) is 1. The van der Waals surface area contributed by atoms with Crippen LogP contribution in [-0.4, -0.2) is 55.0 Å². The lowest BCUT2D eigenvalue weighted by atomic mass is 9.73. The van der Waals surface area contributed by atoms with E-state index in [9.17, 15) is 4.79 Å². The number of nitrogens with two attached hydrogens (primary N) is 1. The molecule has 1 spiro atoms. The third kappa shape index (κ3) is 5.35. The van der Waals surface area contributed by atoms with Gasteiger partial charge in [0.1, 0.15) is 17.2 Å². The minimum Gasteiger partial charge on any atom is -0.360 e. The number of hydrogen-bond acceptors (Lipinski definition) is 9. The zero-order valence-corrected chi connectivity index (χ0v) is 24.7. The minimum atomic E-state index is -0.249. The van der Waals surface area contributed by atoms with Crippen LogP contribution in [0.5, 0.6) is 0 Å². The van der Waals surface area contributed by atoms with E-state index in [1.54, 1.807) is 24.5 Å². The van der Waals surface area contributed by atoms with Gasteiger partial charge < -0.3 is 10.6 Å². The van der Waals surface area contributed by atoms with Crippen LogP contribution < -0.4 is 11.3 Å². The molecule has 0 bridgehead atoms. The Balaban J connectivity index is 1.17. The van der Waals surface area contributed by atoms with E-state index in [0.29, 0.717) is 31.5 Å². The fourth-order valence-electron chi connectivity index (χ4n) is 5.82. The molecule has 2 N–H and O–H groups in total. The van der Waals surface area contributed by atoms with Crippen molar-refractivity contribution in [1.82, 2.24) is 29.4 Å². The lowest BCUT2D eigenvalue weighted by molar-refractivity contribution is 0.127. The summed E-state index contributed by atoms with van der Waals surface area (Å²) >= 11 is 8.06. The van der Waals surface area contributed by atoms with Gasteiger partial charge in [0.2, 0.25) is 0 Å². The number of pyridine rings is 1. The highest BCUT2D eigenvalue weighted by Crippen LogP contribution is 2.50. The number of benzene rings is 1. The Morgan fingerprint density at radius 3 is 2.79 bits per heavy atom. The number of rotatable bonds is 6. The van der Waals surface area contributed by atoms with Crippen LogP contribution in [0.2, 0.25) is 5.02 Å². The third-order valence-electron chi connectivity index (χ3n) is 8.26.